The lowest BCUT2D eigenvalue weighted by molar-refractivity contribution is -0.274. The van der Waals surface area contributed by atoms with Gasteiger partial charge in [0.25, 0.3) is 0 Å². The lowest BCUT2D eigenvalue weighted by Crippen LogP contribution is -2.39. The van der Waals surface area contributed by atoms with E-state index < -0.39 is 6.36 Å². The molecule has 1 unspecified atom stereocenters. The van der Waals surface area contributed by atoms with Gasteiger partial charge in [0.05, 0.1) is 0 Å². The molecule has 1 aliphatic heterocycles. The van der Waals surface area contributed by atoms with Gasteiger partial charge in [0.2, 0.25) is 0 Å². The third-order valence-electron chi connectivity index (χ3n) is 3.77. The van der Waals surface area contributed by atoms with Gasteiger partial charge in [-0.2, -0.15) is 0 Å². The normalized spacial score (nSPS) is 17.5. The van der Waals surface area contributed by atoms with Crippen LogP contribution in [-0.4, -0.2) is 43.2 Å². The number of halogens is 3. The maximum atomic E-state index is 12.3. The van der Waals surface area contributed by atoms with Gasteiger partial charge in [0.1, 0.15) is 5.75 Å². The number of anilines is 1. The summed E-state index contributed by atoms with van der Waals surface area (Å²) in [5, 5.41) is 10.5. The molecule has 1 aromatic carbocycles. The number of hydrogen-bond acceptors (Lipinski definition) is 4. The van der Waals surface area contributed by atoms with Crippen LogP contribution in [0.1, 0.15) is 25.7 Å². The Balaban J connectivity index is 1.98. The van der Waals surface area contributed by atoms with Gasteiger partial charge in [0, 0.05) is 30.8 Å². The lowest BCUT2D eigenvalue weighted by Gasteiger charge is -2.30. The Hall–Kier alpha value is -1.76. The standard InChI is InChI=1S/C16H22F3N3O/c17-16(18,19)23-15-6-4-5-13(11-15)21-14(7-8-20)12-22-9-2-1-3-10-22/h4-6,8,11,14,20-21H,1-3,7,9-10,12H2. The molecule has 1 fully saturated rings. The molecule has 0 bridgehead atoms. The number of nitrogens with zero attached hydrogens (tertiary/aromatic N) is 1. The van der Waals surface area contributed by atoms with Crippen LogP contribution in [0.25, 0.3) is 0 Å². The molecule has 0 aromatic heterocycles. The van der Waals surface area contributed by atoms with Crippen molar-refractivity contribution >= 4 is 11.9 Å². The van der Waals surface area contributed by atoms with Gasteiger partial charge in [-0.15, -0.1) is 13.2 Å². The minimum Gasteiger partial charge on any atom is -0.406 e. The Morgan fingerprint density at radius 3 is 2.65 bits per heavy atom. The van der Waals surface area contributed by atoms with Crippen LogP contribution in [0.3, 0.4) is 0 Å². The molecule has 1 saturated heterocycles. The van der Waals surface area contributed by atoms with E-state index in [2.05, 4.69) is 15.0 Å². The zero-order chi connectivity index (χ0) is 16.7. The zero-order valence-corrected chi connectivity index (χ0v) is 12.9. The molecule has 0 aliphatic carbocycles. The minimum absolute atomic E-state index is 0.00765. The SMILES string of the molecule is N=CCC(CN1CCCCC1)Nc1cccc(OC(F)(F)F)c1. The average molecular weight is 329 g/mol. The van der Waals surface area contributed by atoms with Crippen LogP contribution in [0.4, 0.5) is 18.9 Å². The molecule has 23 heavy (non-hydrogen) atoms. The number of alkyl halides is 3. The van der Waals surface area contributed by atoms with Crippen molar-refractivity contribution in [2.75, 3.05) is 25.0 Å². The summed E-state index contributed by atoms with van der Waals surface area (Å²) in [6, 6.07) is 5.82. The van der Waals surface area contributed by atoms with Crippen LogP contribution in [0.15, 0.2) is 24.3 Å². The number of nitrogens with one attached hydrogen (secondary N) is 2. The summed E-state index contributed by atoms with van der Waals surface area (Å²) in [5.74, 6) is -0.242. The molecule has 1 atom stereocenters. The highest BCUT2D eigenvalue weighted by Crippen LogP contribution is 2.25. The van der Waals surface area contributed by atoms with Gasteiger partial charge in [-0.25, -0.2) is 0 Å². The van der Waals surface area contributed by atoms with Gasteiger partial charge >= 0.3 is 6.36 Å². The van der Waals surface area contributed by atoms with E-state index in [1.54, 1.807) is 6.07 Å². The van der Waals surface area contributed by atoms with Crippen LogP contribution in [0.2, 0.25) is 0 Å². The number of piperidine rings is 1. The minimum atomic E-state index is -4.69. The second-order valence-electron chi connectivity index (χ2n) is 5.72. The summed E-state index contributed by atoms with van der Waals surface area (Å²) in [7, 11) is 0. The third kappa shape index (κ3) is 6.48. The Morgan fingerprint density at radius 2 is 2.00 bits per heavy atom. The number of benzene rings is 1. The van der Waals surface area contributed by atoms with Gasteiger partial charge in [-0.3, -0.25) is 0 Å². The van der Waals surface area contributed by atoms with Crippen LogP contribution in [0, 0.1) is 5.41 Å². The fourth-order valence-corrected chi connectivity index (χ4v) is 2.79. The summed E-state index contributed by atoms with van der Waals surface area (Å²) < 4.78 is 40.8. The first kappa shape index (κ1) is 17.6. The number of hydrogen-bond donors (Lipinski definition) is 2. The highest BCUT2D eigenvalue weighted by molar-refractivity contribution is 5.56. The first-order valence-corrected chi connectivity index (χ1v) is 7.80. The van der Waals surface area contributed by atoms with Gasteiger partial charge in [-0.05, 0) is 44.3 Å². The van der Waals surface area contributed by atoms with E-state index >= 15 is 0 Å². The highest BCUT2D eigenvalue weighted by atomic mass is 19.4. The van der Waals surface area contributed by atoms with E-state index in [0.717, 1.165) is 19.6 Å². The smallest absolute Gasteiger partial charge is 0.406 e. The number of ether oxygens (including phenoxy) is 1. The van der Waals surface area contributed by atoms with E-state index in [1.807, 2.05) is 0 Å². The first-order chi connectivity index (χ1) is 11.0. The van der Waals surface area contributed by atoms with Crippen LogP contribution in [-0.2, 0) is 0 Å². The van der Waals surface area contributed by atoms with Crippen molar-refractivity contribution in [1.29, 1.82) is 5.41 Å². The van der Waals surface area contributed by atoms with Gasteiger partial charge in [0.15, 0.2) is 0 Å². The maximum absolute atomic E-state index is 12.3. The Bertz CT molecular complexity index is 502. The van der Waals surface area contributed by atoms with Crippen LogP contribution in [0.5, 0.6) is 5.75 Å². The van der Waals surface area contributed by atoms with Crippen LogP contribution < -0.4 is 10.1 Å². The highest BCUT2D eigenvalue weighted by Gasteiger charge is 2.31. The van der Waals surface area contributed by atoms with E-state index in [-0.39, 0.29) is 11.8 Å². The van der Waals surface area contributed by atoms with Crippen molar-refractivity contribution in [3.63, 3.8) is 0 Å². The molecule has 0 radical (unpaired) electrons. The first-order valence-electron chi connectivity index (χ1n) is 7.80. The summed E-state index contributed by atoms with van der Waals surface area (Å²) in [6.45, 7) is 2.85. The lowest BCUT2D eigenvalue weighted by atomic mass is 10.1. The Morgan fingerprint density at radius 1 is 1.26 bits per heavy atom. The molecule has 128 valence electrons. The summed E-state index contributed by atoms with van der Waals surface area (Å²) in [6.07, 6.45) is 0.758. The van der Waals surface area contributed by atoms with E-state index in [9.17, 15) is 13.2 Å². The fraction of sp³-hybridized carbons (Fsp3) is 0.562. The molecule has 2 rings (SSSR count). The molecule has 2 N–H and O–H groups in total. The fourth-order valence-electron chi connectivity index (χ4n) is 2.79. The molecule has 4 nitrogen and oxygen atoms in total. The molecular formula is C16H22F3N3O. The summed E-state index contributed by atoms with van der Waals surface area (Å²) >= 11 is 0. The van der Waals surface area contributed by atoms with Crippen LogP contribution >= 0.6 is 0 Å². The average Bonchev–Trinajstić information content (AvgIpc) is 2.47. The van der Waals surface area contributed by atoms with E-state index in [4.69, 9.17) is 5.41 Å². The topological polar surface area (TPSA) is 48.4 Å². The maximum Gasteiger partial charge on any atom is 0.573 e. The Labute approximate surface area is 134 Å². The molecule has 1 aliphatic rings. The second kappa shape index (κ2) is 8.19. The molecule has 0 saturated carbocycles. The van der Waals surface area contributed by atoms with Gasteiger partial charge in [-0.1, -0.05) is 12.5 Å². The Kier molecular flexibility index (Phi) is 6.27. The molecule has 1 aromatic rings. The van der Waals surface area contributed by atoms with Crippen molar-refractivity contribution < 1.29 is 17.9 Å². The number of likely N-dealkylation sites (tertiary alicyclic amines) is 1. The molecular weight excluding hydrogens is 307 g/mol. The quantitative estimate of drug-likeness (QED) is 0.746. The van der Waals surface area contributed by atoms with Crippen molar-refractivity contribution in [1.82, 2.24) is 4.90 Å². The van der Waals surface area contributed by atoms with Crippen molar-refractivity contribution in [2.45, 2.75) is 38.1 Å². The second-order valence-corrected chi connectivity index (χ2v) is 5.72. The van der Waals surface area contributed by atoms with Crippen molar-refractivity contribution in [3.05, 3.63) is 24.3 Å². The molecule has 7 heteroatoms. The molecule has 0 amide bonds. The van der Waals surface area contributed by atoms with E-state index in [0.29, 0.717) is 12.1 Å². The summed E-state index contributed by atoms with van der Waals surface area (Å²) in [5.41, 5.74) is 0.565. The molecule has 0 spiro atoms. The monoisotopic (exact) mass is 329 g/mol. The van der Waals surface area contributed by atoms with Gasteiger partial charge < -0.3 is 20.4 Å². The molecule has 1 heterocycles. The van der Waals surface area contributed by atoms with E-state index in [1.165, 1.54) is 43.7 Å². The predicted octanol–water partition coefficient (Wildman–Crippen LogP) is 3.89. The largest absolute Gasteiger partial charge is 0.573 e. The van der Waals surface area contributed by atoms with Crippen molar-refractivity contribution in [3.8, 4) is 5.75 Å². The number of rotatable bonds is 7. The third-order valence-corrected chi connectivity index (χ3v) is 3.77. The summed E-state index contributed by atoms with van der Waals surface area (Å²) in [4.78, 5) is 2.33. The van der Waals surface area contributed by atoms with Crippen molar-refractivity contribution in [2.24, 2.45) is 0 Å². The zero-order valence-electron chi connectivity index (χ0n) is 12.9. The predicted molar refractivity (Wildman–Crippen MR) is 84.2 cm³/mol.